The Morgan fingerprint density at radius 3 is 2.02 bits per heavy atom. The zero-order valence-electron chi connectivity index (χ0n) is 26.6. The van der Waals surface area contributed by atoms with Crippen molar-refractivity contribution in [3.8, 4) is 0 Å². The second-order valence-electron chi connectivity index (χ2n) is 12.1. The highest BCUT2D eigenvalue weighted by atomic mass is 19.4. The van der Waals surface area contributed by atoms with Gasteiger partial charge in [0.05, 0.1) is 48.3 Å². The first kappa shape index (κ1) is 37.2. The zero-order valence-corrected chi connectivity index (χ0v) is 26.6. The Bertz CT molecular complexity index is 1590. The molecule has 0 aromatic heterocycles. The second-order valence-corrected chi connectivity index (χ2v) is 12.1. The topological polar surface area (TPSA) is 108 Å². The fourth-order valence-corrected chi connectivity index (χ4v) is 6.05. The number of amides is 1. The molecule has 0 saturated carbocycles. The van der Waals surface area contributed by atoms with Crippen LogP contribution in [0.15, 0.2) is 78.9 Å². The number of nitro groups is 1. The van der Waals surface area contributed by atoms with Crippen molar-refractivity contribution in [2.75, 3.05) is 26.8 Å². The number of ether oxygens (including phenoxy) is 3. The molecule has 0 aliphatic carbocycles. The summed E-state index contributed by atoms with van der Waals surface area (Å²) in [5.74, 6) is -0.749. The maximum Gasteiger partial charge on any atom is 0.416 e. The van der Waals surface area contributed by atoms with Gasteiger partial charge in [-0.05, 0) is 54.7 Å². The molecule has 3 atom stereocenters. The van der Waals surface area contributed by atoms with Gasteiger partial charge in [-0.3, -0.25) is 19.8 Å². The minimum absolute atomic E-state index is 0.0000385. The summed E-state index contributed by atoms with van der Waals surface area (Å²) in [6.45, 7) is -0.462. The van der Waals surface area contributed by atoms with Gasteiger partial charge in [0.15, 0.2) is 0 Å². The summed E-state index contributed by atoms with van der Waals surface area (Å²) in [6.07, 6.45) is -12.9. The molecule has 264 valence electrons. The van der Waals surface area contributed by atoms with Crippen LogP contribution in [0.5, 0.6) is 0 Å². The minimum Gasteiger partial charge on any atom is -0.469 e. The number of halogens is 6. The number of piperidine rings is 1. The number of nitrogens with zero attached hydrogens (tertiary/aromatic N) is 2. The smallest absolute Gasteiger partial charge is 0.416 e. The van der Waals surface area contributed by atoms with E-state index >= 15 is 0 Å². The predicted octanol–water partition coefficient (Wildman–Crippen LogP) is 7.96. The number of likely N-dealkylation sites (tertiary alicyclic amines) is 1. The van der Waals surface area contributed by atoms with Crippen LogP contribution in [0.2, 0.25) is 0 Å². The number of hydrogen-bond acceptors (Lipinski definition) is 7. The van der Waals surface area contributed by atoms with Crippen molar-refractivity contribution in [1.29, 1.82) is 0 Å². The van der Waals surface area contributed by atoms with Gasteiger partial charge < -0.3 is 14.2 Å². The van der Waals surface area contributed by atoms with Crippen molar-refractivity contribution in [2.45, 2.75) is 56.8 Å². The molecule has 1 aliphatic heterocycles. The van der Waals surface area contributed by atoms with E-state index in [2.05, 4.69) is 0 Å². The Hall–Kier alpha value is -4.66. The van der Waals surface area contributed by atoms with Gasteiger partial charge >= 0.3 is 24.4 Å². The van der Waals surface area contributed by atoms with E-state index in [-0.39, 0.29) is 32.1 Å². The van der Waals surface area contributed by atoms with E-state index in [1.54, 1.807) is 60.7 Å². The van der Waals surface area contributed by atoms with Crippen LogP contribution in [-0.4, -0.2) is 48.7 Å². The highest BCUT2D eigenvalue weighted by molar-refractivity contribution is 5.72. The lowest BCUT2D eigenvalue weighted by molar-refractivity contribution is -0.499. The molecule has 9 nitrogen and oxygen atoms in total. The summed E-state index contributed by atoms with van der Waals surface area (Å²) in [7, 11) is 1.12. The molecule has 0 bridgehead atoms. The molecule has 1 amide bonds. The fourth-order valence-electron chi connectivity index (χ4n) is 6.05. The van der Waals surface area contributed by atoms with Gasteiger partial charge in [0.1, 0.15) is 6.61 Å². The highest BCUT2D eigenvalue weighted by Crippen LogP contribution is 2.48. The Morgan fingerprint density at radius 1 is 0.918 bits per heavy atom. The van der Waals surface area contributed by atoms with Gasteiger partial charge in [0, 0.05) is 11.5 Å². The lowest BCUT2D eigenvalue weighted by Crippen LogP contribution is -2.61. The van der Waals surface area contributed by atoms with E-state index in [0.29, 0.717) is 23.3 Å². The Balaban J connectivity index is 1.78. The third kappa shape index (κ3) is 9.08. The summed E-state index contributed by atoms with van der Waals surface area (Å²) < 4.78 is 98.3. The Labute approximate surface area is 277 Å². The number of carbonyl (C=O) groups excluding carboxylic acids is 2. The van der Waals surface area contributed by atoms with Gasteiger partial charge in [-0.1, -0.05) is 60.7 Å². The van der Waals surface area contributed by atoms with Crippen molar-refractivity contribution >= 4 is 12.1 Å². The van der Waals surface area contributed by atoms with Crippen molar-refractivity contribution < 1.29 is 55.1 Å². The number of alkyl halides is 6. The zero-order chi connectivity index (χ0) is 36.0. The SMILES string of the molecule is COC(=O)CC1(C[N+](=O)[O-])CC[C@@](CO[C@H](C)c2cc(C(F)(F)F)cc(C(F)(F)F)c2)(c2ccccc2)N(C(=O)OCc2ccccc2)C1. The largest absolute Gasteiger partial charge is 0.469 e. The Kier molecular flexibility index (Phi) is 11.3. The molecule has 49 heavy (non-hydrogen) atoms. The van der Waals surface area contributed by atoms with Gasteiger partial charge in [-0.15, -0.1) is 0 Å². The summed E-state index contributed by atoms with van der Waals surface area (Å²) in [6, 6.07) is 18.1. The summed E-state index contributed by atoms with van der Waals surface area (Å²) in [5.41, 5.74) is -5.23. The predicted molar refractivity (Wildman–Crippen MR) is 162 cm³/mol. The molecule has 0 N–H and O–H groups in total. The maximum absolute atomic E-state index is 14.0. The van der Waals surface area contributed by atoms with Crippen LogP contribution < -0.4 is 0 Å². The number of hydrogen-bond donors (Lipinski definition) is 0. The molecule has 1 heterocycles. The van der Waals surface area contributed by atoms with E-state index in [0.717, 1.165) is 7.11 Å². The maximum atomic E-state index is 14.0. The molecular formula is C34H34F6N2O7. The molecule has 0 spiro atoms. The van der Waals surface area contributed by atoms with Gasteiger partial charge in [-0.2, -0.15) is 26.3 Å². The van der Waals surface area contributed by atoms with E-state index in [1.165, 1.54) is 11.8 Å². The van der Waals surface area contributed by atoms with Crippen molar-refractivity contribution in [1.82, 2.24) is 4.90 Å². The molecule has 1 saturated heterocycles. The fraction of sp³-hybridized carbons (Fsp3) is 0.412. The third-order valence-corrected chi connectivity index (χ3v) is 8.68. The van der Waals surface area contributed by atoms with Crippen LogP contribution >= 0.6 is 0 Å². The summed E-state index contributed by atoms with van der Waals surface area (Å²) >= 11 is 0. The van der Waals surface area contributed by atoms with Gasteiger partial charge in [-0.25, -0.2) is 4.79 Å². The molecule has 3 aromatic rings. The highest BCUT2D eigenvalue weighted by Gasteiger charge is 2.54. The van der Waals surface area contributed by atoms with Crippen LogP contribution in [0.25, 0.3) is 0 Å². The molecule has 1 aliphatic rings. The molecule has 0 radical (unpaired) electrons. The van der Waals surface area contributed by atoms with E-state index in [1.807, 2.05) is 0 Å². The van der Waals surface area contributed by atoms with Crippen molar-refractivity contribution in [3.05, 3.63) is 117 Å². The number of methoxy groups -OCH3 is 1. The lowest BCUT2D eigenvalue weighted by Gasteiger charge is -2.52. The number of rotatable bonds is 11. The normalized spacial score (nSPS) is 20.4. The van der Waals surface area contributed by atoms with Crippen LogP contribution in [0.4, 0.5) is 31.1 Å². The minimum atomic E-state index is -5.08. The first-order valence-corrected chi connectivity index (χ1v) is 15.1. The standard InChI is InChI=1S/C34H34F6N2O7/c1-23(25-15-27(33(35,36)37)17-28(16-25)34(38,39)40)49-22-32(26-11-7-4-8-12-26)14-13-31(21-42(45)46,18-29(43)47-2)20-41(32)30(44)48-19-24-9-5-3-6-10-24/h3-12,15-17,23H,13-14,18-22H2,1-2H3/t23-,31?,32-/m1/s1. The third-order valence-electron chi connectivity index (χ3n) is 8.68. The second kappa shape index (κ2) is 14.8. The van der Waals surface area contributed by atoms with E-state index in [4.69, 9.17) is 14.2 Å². The summed E-state index contributed by atoms with van der Waals surface area (Å²) in [5, 5.41) is 11.9. The van der Waals surface area contributed by atoms with E-state index in [9.17, 15) is 46.0 Å². The summed E-state index contributed by atoms with van der Waals surface area (Å²) in [4.78, 5) is 39.0. The van der Waals surface area contributed by atoms with Crippen molar-refractivity contribution in [3.63, 3.8) is 0 Å². The molecule has 1 unspecified atom stereocenters. The average Bonchev–Trinajstić information content (AvgIpc) is 3.06. The van der Waals surface area contributed by atoms with Crippen molar-refractivity contribution in [2.24, 2.45) is 5.41 Å². The monoisotopic (exact) mass is 696 g/mol. The first-order chi connectivity index (χ1) is 23.0. The van der Waals surface area contributed by atoms with Crippen LogP contribution in [0, 0.1) is 15.5 Å². The Morgan fingerprint density at radius 2 is 1.49 bits per heavy atom. The molecular weight excluding hydrogens is 662 g/mol. The van der Waals surface area contributed by atoms with Crippen LogP contribution in [-0.2, 0) is 43.5 Å². The number of esters is 1. The van der Waals surface area contributed by atoms with Gasteiger partial charge in [0.2, 0.25) is 6.54 Å². The van der Waals surface area contributed by atoms with E-state index < -0.39 is 82.7 Å². The molecule has 4 rings (SSSR count). The molecule has 3 aromatic carbocycles. The first-order valence-electron chi connectivity index (χ1n) is 15.1. The molecule has 15 heteroatoms. The quantitative estimate of drug-likeness (QED) is 0.0867. The van der Waals surface area contributed by atoms with Gasteiger partial charge in [0.25, 0.3) is 0 Å². The number of benzene rings is 3. The number of carbonyl (C=O) groups is 2. The molecule has 1 fully saturated rings. The average molecular weight is 697 g/mol. The van der Waals surface area contributed by atoms with Crippen LogP contribution in [0.1, 0.15) is 60.1 Å². The lowest BCUT2D eigenvalue weighted by atomic mass is 9.69. The van der Waals surface area contributed by atoms with Crippen LogP contribution in [0.3, 0.4) is 0 Å².